The summed E-state index contributed by atoms with van der Waals surface area (Å²) in [6, 6.07) is 9.66. The van der Waals surface area contributed by atoms with Crippen molar-refractivity contribution in [3.63, 3.8) is 0 Å². The van der Waals surface area contributed by atoms with Crippen molar-refractivity contribution < 1.29 is 29.6 Å². The molecule has 7 heteroatoms. The molecule has 150 valence electrons. The average Bonchev–Trinajstić information content (AvgIpc) is 2.66. The molecule has 0 aromatic heterocycles. The number of hydrogen-bond donors (Lipinski definition) is 3. The maximum atomic E-state index is 11.6. The first kappa shape index (κ1) is 21.8. The summed E-state index contributed by atoms with van der Waals surface area (Å²) in [7, 11) is 0. The molecule has 2 aromatic rings. The van der Waals surface area contributed by atoms with Crippen molar-refractivity contribution in [2.24, 2.45) is 0 Å². The molecule has 0 saturated carbocycles. The Morgan fingerprint density at radius 1 is 1.21 bits per heavy atom. The number of ketones is 1. The molecular weight excluding hydrogens is 380 g/mol. The molecule has 6 nitrogen and oxygen atoms in total. The second kappa shape index (κ2) is 10.1. The van der Waals surface area contributed by atoms with Crippen molar-refractivity contribution >= 4 is 23.5 Å². The fourth-order valence-electron chi connectivity index (χ4n) is 2.67. The molecular formula is C21H24O6S. The minimum Gasteiger partial charge on any atom is -0.507 e. The molecule has 0 heterocycles. The highest BCUT2D eigenvalue weighted by molar-refractivity contribution is 7.99. The van der Waals surface area contributed by atoms with Crippen LogP contribution in [0.2, 0.25) is 0 Å². The zero-order valence-corrected chi connectivity index (χ0v) is 16.7. The summed E-state index contributed by atoms with van der Waals surface area (Å²) in [5, 5.41) is 29.6. The number of carboxylic acid groups (broad SMARTS) is 1. The summed E-state index contributed by atoms with van der Waals surface area (Å²) in [4.78, 5) is 23.4. The normalized spacial score (nSPS) is 11.8. The number of aromatic hydroxyl groups is 1. The van der Waals surface area contributed by atoms with Gasteiger partial charge in [-0.1, -0.05) is 19.4 Å². The zero-order chi connectivity index (χ0) is 20.7. The number of Topliss-reactive ketones (excluding diaryl/α,β-unsaturated/α-hetero) is 1. The molecule has 1 atom stereocenters. The Morgan fingerprint density at radius 3 is 2.61 bits per heavy atom. The van der Waals surface area contributed by atoms with Gasteiger partial charge < -0.3 is 20.1 Å². The van der Waals surface area contributed by atoms with Gasteiger partial charge in [-0.05, 0) is 43.7 Å². The van der Waals surface area contributed by atoms with Crippen molar-refractivity contribution in [1.29, 1.82) is 0 Å². The van der Waals surface area contributed by atoms with E-state index in [1.54, 1.807) is 24.3 Å². The minimum absolute atomic E-state index is 0.0151. The van der Waals surface area contributed by atoms with Gasteiger partial charge in [-0.15, -0.1) is 11.8 Å². The van der Waals surface area contributed by atoms with Crippen molar-refractivity contribution in [3.8, 4) is 11.5 Å². The van der Waals surface area contributed by atoms with Gasteiger partial charge in [-0.25, -0.2) is 4.79 Å². The number of hydrogen-bond acceptors (Lipinski definition) is 6. The van der Waals surface area contributed by atoms with E-state index in [4.69, 9.17) is 9.84 Å². The van der Waals surface area contributed by atoms with Crippen LogP contribution in [0.4, 0.5) is 0 Å². The number of benzene rings is 2. The lowest BCUT2D eigenvalue weighted by Gasteiger charge is -2.17. The number of rotatable bonds is 10. The number of carbonyl (C=O) groups excluding carboxylic acids is 1. The summed E-state index contributed by atoms with van der Waals surface area (Å²) in [6.07, 6.45) is 0.529. The van der Waals surface area contributed by atoms with Gasteiger partial charge in [0, 0.05) is 16.2 Å². The smallest absolute Gasteiger partial charge is 0.335 e. The number of aliphatic hydroxyl groups is 1. The molecule has 0 amide bonds. The van der Waals surface area contributed by atoms with E-state index in [0.29, 0.717) is 23.5 Å². The van der Waals surface area contributed by atoms with Crippen LogP contribution in [0, 0.1) is 0 Å². The van der Waals surface area contributed by atoms with Crippen molar-refractivity contribution in [2.75, 3.05) is 12.4 Å². The molecule has 0 bridgehead atoms. The number of phenols is 1. The highest BCUT2D eigenvalue weighted by Gasteiger charge is 2.17. The average molecular weight is 404 g/mol. The van der Waals surface area contributed by atoms with E-state index in [1.165, 1.54) is 30.8 Å². The third-order valence-electron chi connectivity index (χ3n) is 4.07. The maximum Gasteiger partial charge on any atom is 0.335 e. The maximum absolute atomic E-state index is 11.6. The van der Waals surface area contributed by atoms with Gasteiger partial charge >= 0.3 is 5.97 Å². The lowest BCUT2D eigenvalue weighted by molar-refractivity contribution is 0.0696. The van der Waals surface area contributed by atoms with E-state index in [9.17, 15) is 19.8 Å². The van der Waals surface area contributed by atoms with Crippen LogP contribution >= 0.6 is 11.8 Å². The van der Waals surface area contributed by atoms with Gasteiger partial charge in [0.05, 0.1) is 17.2 Å². The summed E-state index contributed by atoms with van der Waals surface area (Å²) in [6.45, 7) is 3.37. The third-order valence-corrected chi connectivity index (χ3v) is 5.21. The number of carboxylic acids is 1. The second-order valence-corrected chi connectivity index (χ2v) is 7.45. The summed E-state index contributed by atoms with van der Waals surface area (Å²) in [5.74, 6) is -0.517. The molecule has 28 heavy (non-hydrogen) atoms. The number of carbonyl (C=O) groups is 2. The number of aromatic carboxylic acids is 1. The van der Waals surface area contributed by atoms with Gasteiger partial charge in [0.15, 0.2) is 5.78 Å². The number of ether oxygens (including phenoxy) is 1. The highest BCUT2D eigenvalue weighted by atomic mass is 32.2. The summed E-state index contributed by atoms with van der Waals surface area (Å²) >= 11 is 1.33. The van der Waals surface area contributed by atoms with Crippen LogP contribution in [-0.4, -0.2) is 45.5 Å². The van der Waals surface area contributed by atoms with E-state index in [0.717, 1.165) is 11.3 Å². The molecule has 2 aromatic carbocycles. The second-order valence-electron chi connectivity index (χ2n) is 6.35. The van der Waals surface area contributed by atoms with E-state index in [2.05, 4.69) is 0 Å². The molecule has 0 spiro atoms. The Balaban J connectivity index is 1.99. The topological polar surface area (TPSA) is 104 Å². The zero-order valence-electron chi connectivity index (χ0n) is 15.8. The van der Waals surface area contributed by atoms with Crippen molar-refractivity contribution in [1.82, 2.24) is 0 Å². The number of phenolic OH excluding ortho intramolecular Hbond substituents is 1. The molecule has 0 saturated heterocycles. The molecule has 0 aliphatic heterocycles. The third kappa shape index (κ3) is 5.74. The molecule has 0 radical (unpaired) electrons. The highest BCUT2D eigenvalue weighted by Crippen LogP contribution is 2.33. The van der Waals surface area contributed by atoms with E-state index >= 15 is 0 Å². The van der Waals surface area contributed by atoms with Crippen molar-refractivity contribution in [3.05, 3.63) is 53.1 Å². The largest absolute Gasteiger partial charge is 0.507 e. The fourth-order valence-corrected chi connectivity index (χ4v) is 3.54. The Bertz CT molecular complexity index is 849. The Kier molecular flexibility index (Phi) is 7.90. The van der Waals surface area contributed by atoms with Crippen LogP contribution in [0.25, 0.3) is 0 Å². The first-order valence-corrected chi connectivity index (χ1v) is 9.94. The molecule has 2 rings (SSSR count). The van der Waals surface area contributed by atoms with Crippen LogP contribution in [-0.2, 0) is 6.42 Å². The first-order chi connectivity index (χ1) is 13.3. The van der Waals surface area contributed by atoms with Crippen LogP contribution in [0.1, 0.15) is 46.5 Å². The number of aliphatic hydroxyl groups excluding tert-OH is 1. The lowest BCUT2D eigenvalue weighted by atomic mass is 10.0. The lowest BCUT2D eigenvalue weighted by Crippen LogP contribution is -2.20. The van der Waals surface area contributed by atoms with Gasteiger partial charge in [-0.3, -0.25) is 4.79 Å². The quantitative estimate of drug-likeness (QED) is 0.409. The molecule has 0 aliphatic carbocycles. The summed E-state index contributed by atoms with van der Waals surface area (Å²) < 4.78 is 5.69. The van der Waals surface area contributed by atoms with Crippen molar-refractivity contribution in [2.45, 2.75) is 37.7 Å². The monoisotopic (exact) mass is 404 g/mol. The van der Waals surface area contributed by atoms with Crippen LogP contribution in [0.5, 0.6) is 11.5 Å². The first-order valence-electron chi connectivity index (χ1n) is 8.96. The standard InChI is InChI=1S/C21H24O6S/c1-3-5-18-19(9-8-17(13(2)22)20(18)24)27-11-15(23)12-28-16-7-4-6-14(10-16)21(25)26/h4,6-10,15,23-24H,3,5,11-12H2,1-2H3,(H,25,26)/t15-/m0/s1. The fraction of sp³-hybridized carbons (Fsp3) is 0.333. The van der Waals surface area contributed by atoms with Gasteiger partial charge in [0.25, 0.3) is 0 Å². The van der Waals surface area contributed by atoms with E-state index in [-0.39, 0.29) is 29.3 Å². The van der Waals surface area contributed by atoms with Crippen LogP contribution < -0.4 is 4.74 Å². The Labute approximate surface area is 168 Å². The predicted octanol–water partition coefficient (Wildman–Crippen LogP) is 3.78. The van der Waals surface area contributed by atoms with Gasteiger partial charge in [0.2, 0.25) is 0 Å². The summed E-state index contributed by atoms with van der Waals surface area (Å²) in [5.41, 5.74) is 1.01. The molecule has 0 aliphatic rings. The predicted molar refractivity (Wildman–Crippen MR) is 108 cm³/mol. The van der Waals surface area contributed by atoms with Gasteiger partial charge in [0.1, 0.15) is 18.1 Å². The van der Waals surface area contributed by atoms with E-state index < -0.39 is 12.1 Å². The SMILES string of the molecule is CCCc1c(OC[C@H](O)CSc2cccc(C(=O)O)c2)ccc(C(C)=O)c1O. The Morgan fingerprint density at radius 2 is 1.96 bits per heavy atom. The van der Waals surface area contributed by atoms with Crippen LogP contribution in [0.15, 0.2) is 41.3 Å². The molecule has 0 unspecified atom stereocenters. The Hall–Kier alpha value is -2.51. The minimum atomic E-state index is -0.997. The van der Waals surface area contributed by atoms with E-state index in [1.807, 2.05) is 6.92 Å². The molecule has 0 fully saturated rings. The van der Waals surface area contributed by atoms with Crippen LogP contribution in [0.3, 0.4) is 0 Å². The number of thioether (sulfide) groups is 1. The van der Waals surface area contributed by atoms with Gasteiger partial charge in [-0.2, -0.15) is 0 Å². The molecule has 3 N–H and O–H groups in total.